The number of amides is 1. The van der Waals surface area contributed by atoms with E-state index < -0.39 is 6.04 Å². The molecule has 1 aliphatic rings. The van der Waals surface area contributed by atoms with Gasteiger partial charge in [-0.25, -0.2) is 9.97 Å². The average molecular weight is 436 g/mol. The lowest BCUT2D eigenvalue weighted by atomic mass is 9.92. The van der Waals surface area contributed by atoms with E-state index in [9.17, 15) is 4.79 Å². The van der Waals surface area contributed by atoms with Gasteiger partial charge >= 0.3 is 0 Å². The van der Waals surface area contributed by atoms with Gasteiger partial charge in [0.15, 0.2) is 0 Å². The van der Waals surface area contributed by atoms with E-state index in [-0.39, 0.29) is 17.6 Å². The molecule has 4 aromatic heterocycles. The average Bonchev–Trinajstić information content (AvgIpc) is 3.55. The number of carbonyl (C=O) groups is 1. The standard InChI is InChI=1S/C25H20N6O2/c1-15-13-31(25(32)20-12-28-24(33-20)18-8-4-5-9-26-18)23(22-21(15)29-14-30-22)19-10-16-6-2-3-7-17(16)11-27-19/h2-12,14-15,23H,13H2,1H3,(H,29,30)/t15-,23-/m1/s1. The van der Waals surface area contributed by atoms with Crippen LogP contribution in [0.2, 0.25) is 0 Å². The first kappa shape index (κ1) is 19.4. The van der Waals surface area contributed by atoms with Gasteiger partial charge in [-0.1, -0.05) is 37.3 Å². The van der Waals surface area contributed by atoms with Gasteiger partial charge in [0, 0.05) is 35.9 Å². The molecule has 1 aliphatic heterocycles. The Morgan fingerprint density at radius 3 is 2.73 bits per heavy atom. The second-order valence-corrected chi connectivity index (χ2v) is 8.16. The van der Waals surface area contributed by atoms with Crippen LogP contribution in [0, 0.1) is 0 Å². The summed E-state index contributed by atoms with van der Waals surface area (Å²) in [6, 6.07) is 15.1. The molecule has 2 atom stereocenters. The van der Waals surface area contributed by atoms with Crippen LogP contribution in [0.1, 0.15) is 46.5 Å². The molecular weight excluding hydrogens is 416 g/mol. The Morgan fingerprint density at radius 1 is 1.03 bits per heavy atom. The van der Waals surface area contributed by atoms with E-state index in [0.29, 0.717) is 18.1 Å². The second-order valence-electron chi connectivity index (χ2n) is 8.16. The summed E-state index contributed by atoms with van der Waals surface area (Å²) in [5, 5.41) is 2.10. The summed E-state index contributed by atoms with van der Waals surface area (Å²) in [5.41, 5.74) is 3.15. The van der Waals surface area contributed by atoms with Gasteiger partial charge in [0.05, 0.1) is 23.9 Å². The molecule has 0 saturated heterocycles. The van der Waals surface area contributed by atoms with E-state index in [4.69, 9.17) is 9.40 Å². The molecule has 33 heavy (non-hydrogen) atoms. The number of imidazole rings is 1. The van der Waals surface area contributed by atoms with Crippen molar-refractivity contribution in [2.75, 3.05) is 6.54 Å². The highest BCUT2D eigenvalue weighted by molar-refractivity contribution is 5.92. The third-order valence-electron chi connectivity index (χ3n) is 6.03. The summed E-state index contributed by atoms with van der Waals surface area (Å²) in [5.74, 6) is 0.295. The number of aromatic nitrogens is 5. The van der Waals surface area contributed by atoms with E-state index in [2.05, 4.69) is 26.9 Å². The van der Waals surface area contributed by atoms with Gasteiger partial charge in [-0.15, -0.1) is 0 Å². The van der Waals surface area contributed by atoms with Crippen molar-refractivity contribution in [1.82, 2.24) is 29.8 Å². The number of nitrogens with one attached hydrogen (secondary N) is 1. The molecule has 162 valence electrons. The Kier molecular flexibility index (Phi) is 4.50. The van der Waals surface area contributed by atoms with Gasteiger partial charge in [0.1, 0.15) is 11.7 Å². The first-order valence-corrected chi connectivity index (χ1v) is 10.7. The van der Waals surface area contributed by atoms with E-state index in [1.165, 1.54) is 6.20 Å². The maximum absolute atomic E-state index is 13.7. The number of aromatic amines is 1. The van der Waals surface area contributed by atoms with Crippen LogP contribution in [0.4, 0.5) is 0 Å². The molecule has 0 radical (unpaired) electrons. The monoisotopic (exact) mass is 436 g/mol. The number of hydrogen-bond donors (Lipinski definition) is 1. The highest BCUT2D eigenvalue weighted by Gasteiger charge is 2.39. The molecule has 1 amide bonds. The Morgan fingerprint density at radius 2 is 1.88 bits per heavy atom. The first-order chi connectivity index (χ1) is 16.2. The van der Waals surface area contributed by atoms with Crippen LogP contribution in [0.25, 0.3) is 22.4 Å². The van der Waals surface area contributed by atoms with Crippen molar-refractivity contribution in [2.24, 2.45) is 0 Å². The summed E-state index contributed by atoms with van der Waals surface area (Å²) in [6.07, 6.45) is 6.64. The predicted octanol–water partition coefficient (Wildman–Crippen LogP) is 4.36. The molecular formula is C25H20N6O2. The quantitative estimate of drug-likeness (QED) is 0.451. The SMILES string of the molecule is C[C@@H]1CN(C(=O)c2cnc(-c3ccccn3)o2)[C@H](c2cc3ccccc3cn2)c2nc[nH]c21. The van der Waals surface area contributed by atoms with Gasteiger partial charge in [-0.3, -0.25) is 14.8 Å². The van der Waals surface area contributed by atoms with Crippen molar-refractivity contribution in [3.8, 4) is 11.6 Å². The molecule has 5 heterocycles. The highest BCUT2D eigenvalue weighted by Crippen LogP contribution is 2.39. The van der Waals surface area contributed by atoms with Crippen LogP contribution in [-0.4, -0.2) is 42.3 Å². The molecule has 8 heteroatoms. The van der Waals surface area contributed by atoms with Crippen molar-refractivity contribution in [1.29, 1.82) is 0 Å². The zero-order valence-electron chi connectivity index (χ0n) is 17.8. The Labute approximate surface area is 189 Å². The topological polar surface area (TPSA) is 101 Å². The summed E-state index contributed by atoms with van der Waals surface area (Å²) >= 11 is 0. The van der Waals surface area contributed by atoms with Crippen molar-refractivity contribution in [3.05, 3.63) is 96.3 Å². The summed E-state index contributed by atoms with van der Waals surface area (Å²) in [6.45, 7) is 2.56. The minimum Gasteiger partial charge on any atom is -0.429 e. The maximum atomic E-state index is 13.7. The summed E-state index contributed by atoms with van der Waals surface area (Å²) in [7, 11) is 0. The van der Waals surface area contributed by atoms with Crippen molar-refractivity contribution in [2.45, 2.75) is 18.9 Å². The lowest BCUT2D eigenvalue weighted by Gasteiger charge is -2.37. The number of rotatable bonds is 3. The van der Waals surface area contributed by atoms with Gasteiger partial charge in [-0.2, -0.15) is 0 Å². The first-order valence-electron chi connectivity index (χ1n) is 10.7. The Bertz CT molecular complexity index is 1460. The zero-order valence-corrected chi connectivity index (χ0v) is 17.8. The fourth-order valence-electron chi connectivity index (χ4n) is 4.44. The van der Waals surface area contributed by atoms with Crippen LogP contribution in [0.15, 0.2) is 77.9 Å². The van der Waals surface area contributed by atoms with Crippen LogP contribution < -0.4 is 0 Å². The number of hydrogen-bond acceptors (Lipinski definition) is 6. The highest BCUT2D eigenvalue weighted by atomic mass is 16.4. The summed E-state index contributed by atoms with van der Waals surface area (Å²) in [4.78, 5) is 36.5. The fourth-order valence-corrected chi connectivity index (χ4v) is 4.44. The lowest BCUT2D eigenvalue weighted by molar-refractivity contribution is 0.0638. The third-order valence-corrected chi connectivity index (χ3v) is 6.03. The molecule has 1 N–H and O–H groups in total. The number of fused-ring (bicyclic) bond motifs is 2. The number of benzene rings is 1. The number of carbonyl (C=O) groups excluding carboxylic acids is 1. The molecule has 8 nitrogen and oxygen atoms in total. The summed E-state index contributed by atoms with van der Waals surface area (Å²) < 4.78 is 5.83. The van der Waals surface area contributed by atoms with Gasteiger partial charge in [0.2, 0.25) is 11.7 Å². The molecule has 0 unspecified atom stereocenters. The molecule has 6 rings (SSSR count). The van der Waals surface area contributed by atoms with Crippen LogP contribution in [0.5, 0.6) is 0 Å². The van der Waals surface area contributed by atoms with Crippen LogP contribution in [-0.2, 0) is 0 Å². The predicted molar refractivity (Wildman–Crippen MR) is 121 cm³/mol. The van der Waals surface area contributed by atoms with Gasteiger partial charge < -0.3 is 14.3 Å². The second kappa shape index (κ2) is 7.67. The maximum Gasteiger partial charge on any atom is 0.292 e. The van der Waals surface area contributed by atoms with Gasteiger partial charge in [-0.05, 0) is 23.6 Å². The molecule has 0 saturated carbocycles. The number of H-pyrrole nitrogens is 1. The smallest absolute Gasteiger partial charge is 0.292 e. The lowest BCUT2D eigenvalue weighted by Crippen LogP contribution is -2.42. The number of oxazole rings is 1. The molecule has 1 aromatic carbocycles. The molecule has 0 bridgehead atoms. The van der Waals surface area contributed by atoms with Crippen molar-refractivity contribution in [3.63, 3.8) is 0 Å². The zero-order chi connectivity index (χ0) is 22.4. The van der Waals surface area contributed by atoms with Crippen molar-refractivity contribution < 1.29 is 9.21 Å². The molecule has 0 fully saturated rings. The van der Waals surface area contributed by atoms with Gasteiger partial charge in [0.25, 0.3) is 5.91 Å². The Balaban J connectivity index is 1.43. The van der Waals surface area contributed by atoms with E-state index >= 15 is 0 Å². The van der Waals surface area contributed by atoms with Crippen LogP contribution >= 0.6 is 0 Å². The van der Waals surface area contributed by atoms with Crippen LogP contribution in [0.3, 0.4) is 0 Å². The van der Waals surface area contributed by atoms with E-state index in [1.54, 1.807) is 23.5 Å². The number of pyridine rings is 2. The third kappa shape index (κ3) is 3.27. The fraction of sp³-hybridized carbons (Fsp3) is 0.160. The van der Waals surface area contributed by atoms with Crippen molar-refractivity contribution >= 4 is 16.7 Å². The molecule has 0 spiro atoms. The Hall–Kier alpha value is -4.33. The molecule has 5 aromatic rings. The van der Waals surface area contributed by atoms with E-state index in [0.717, 1.165) is 27.9 Å². The largest absolute Gasteiger partial charge is 0.429 e. The normalized spacial score (nSPS) is 17.8. The minimum atomic E-state index is -0.442. The van der Waals surface area contributed by atoms with E-state index in [1.807, 2.05) is 48.7 Å². The minimum absolute atomic E-state index is 0.0846. The molecule has 0 aliphatic carbocycles. The number of nitrogens with zero attached hydrogens (tertiary/aromatic N) is 5.